The molecule has 3 heteroatoms. The van der Waals surface area contributed by atoms with Crippen LogP contribution in [-0.4, -0.2) is 48.3 Å². The molecule has 3 unspecified atom stereocenters. The number of aliphatic hydroxyl groups excluding tert-OH is 1. The van der Waals surface area contributed by atoms with Crippen LogP contribution in [-0.2, 0) is 0 Å². The van der Waals surface area contributed by atoms with Crippen molar-refractivity contribution in [2.24, 2.45) is 11.8 Å². The standard InChI is InChI=1S/C16H32N2O/c1-13(2)10-14(6-9-19)12-17-15-5-8-18-7-3-4-16(18)11-15/h13-17,19H,3-12H2,1-2H3. The van der Waals surface area contributed by atoms with Gasteiger partial charge in [-0.1, -0.05) is 13.8 Å². The van der Waals surface area contributed by atoms with E-state index in [1.54, 1.807) is 0 Å². The second-order valence-corrected chi connectivity index (χ2v) is 6.97. The van der Waals surface area contributed by atoms with Gasteiger partial charge in [0.2, 0.25) is 0 Å². The molecule has 19 heavy (non-hydrogen) atoms. The van der Waals surface area contributed by atoms with Crippen LogP contribution in [0.4, 0.5) is 0 Å². The predicted octanol–water partition coefficient (Wildman–Crippen LogP) is 2.25. The van der Waals surface area contributed by atoms with Gasteiger partial charge in [-0.2, -0.15) is 0 Å². The fraction of sp³-hybridized carbons (Fsp3) is 1.00. The molecule has 2 rings (SSSR count). The lowest BCUT2D eigenvalue weighted by Gasteiger charge is -2.36. The molecule has 2 aliphatic heterocycles. The fourth-order valence-electron chi connectivity index (χ4n) is 3.90. The Kier molecular flexibility index (Phi) is 6.11. The van der Waals surface area contributed by atoms with E-state index in [9.17, 15) is 5.11 Å². The van der Waals surface area contributed by atoms with Crippen molar-refractivity contribution in [3.05, 3.63) is 0 Å². The van der Waals surface area contributed by atoms with E-state index in [2.05, 4.69) is 24.1 Å². The molecular formula is C16H32N2O. The van der Waals surface area contributed by atoms with Gasteiger partial charge in [-0.05, 0) is 70.0 Å². The summed E-state index contributed by atoms with van der Waals surface area (Å²) in [6.45, 7) is 8.61. The highest BCUT2D eigenvalue weighted by Crippen LogP contribution is 2.27. The van der Waals surface area contributed by atoms with E-state index in [1.807, 2.05) is 0 Å². The Bertz CT molecular complexity index is 257. The Hall–Kier alpha value is -0.120. The van der Waals surface area contributed by atoms with Crippen LogP contribution in [0.15, 0.2) is 0 Å². The molecule has 0 saturated carbocycles. The molecule has 2 N–H and O–H groups in total. The maximum absolute atomic E-state index is 9.18. The van der Waals surface area contributed by atoms with Crippen molar-refractivity contribution < 1.29 is 5.11 Å². The van der Waals surface area contributed by atoms with E-state index in [0.717, 1.165) is 24.9 Å². The molecule has 0 aromatic rings. The van der Waals surface area contributed by atoms with Crippen molar-refractivity contribution in [3.63, 3.8) is 0 Å². The zero-order valence-electron chi connectivity index (χ0n) is 12.8. The van der Waals surface area contributed by atoms with Gasteiger partial charge in [-0.25, -0.2) is 0 Å². The summed E-state index contributed by atoms with van der Waals surface area (Å²) in [4.78, 5) is 2.68. The van der Waals surface area contributed by atoms with Crippen LogP contribution in [0.25, 0.3) is 0 Å². The Morgan fingerprint density at radius 3 is 2.84 bits per heavy atom. The van der Waals surface area contributed by atoms with Crippen molar-refractivity contribution in [2.75, 3.05) is 26.2 Å². The third-order valence-electron chi connectivity index (χ3n) is 4.86. The maximum Gasteiger partial charge on any atom is 0.0434 e. The average Bonchev–Trinajstić information content (AvgIpc) is 2.83. The van der Waals surface area contributed by atoms with Crippen LogP contribution < -0.4 is 5.32 Å². The molecule has 0 aliphatic carbocycles. The number of aliphatic hydroxyl groups is 1. The minimum Gasteiger partial charge on any atom is -0.396 e. The molecule has 0 bridgehead atoms. The number of nitrogens with zero attached hydrogens (tertiary/aromatic N) is 1. The Balaban J connectivity index is 1.71. The molecule has 0 aromatic heterocycles. The molecular weight excluding hydrogens is 236 g/mol. The summed E-state index contributed by atoms with van der Waals surface area (Å²) >= 11 is 0. The molecule has 3 atom stereocenters. The number of nitrogens with one attached hydrogen (secondary N) is 1. The molecule has 2 saturated heterocycles. The van der Waals surface area contributed by atoms with Crippen LogP contribution in [0, 0.1) is 11.8 Å². The summed E-state index contributed by atoms with van der Waals surface area (Å²) in [5.74, 6) is 1.38. The third-order valence-corrected chi connectivity index (χ3v) is 4.86. The molecule has 3 nitrogen and oxygen atoms in total. The van der Waals surface area contributed by atoms with Gasteiger partial charge < -0.3 is 15.3 Å². The third kappa shape index (κ3) is 4.73. The van der Waals surface area contributed by atoms with Crippen molar-refractivity contribution in [3.8, 4) is 0 Å². The second kappa shape index (κ2) is 7.61. The van der Waals surface area contributed by atoms with Crippen LogP contribution in [0.3, 0.4) is 0 Å². The van der Waals surface area contributed by atoms with Crippen LogP contribution in [0.5, 0.6) is 0 Å². The quantitative estimate of drug-likeness (QED) is 0.743. The molecule has 112 valence electrons. The molecule has 2 fully saturated rings. The second-order valence-electron chi connectivity index (χ2n) is 6.97. The Labute approximate surface area is 118 Å². The lowest BCUT2D eigenvalue weighted by atomic mass is 9.92. The molecule has 2 aliphatic rings. The number of piperidine rings is 1. The van der Waals surface area contributed by atoms with Gasteiger partial charge in [0, 0.05) is 18.7 Å². The normalized spacial score (nSPS) is 29.7. The smallest absolute Gasteiger partial charge is 0.0434 e. The lowest BCUT2D eigenvalue weighted by molar-refractivity contribution is 0.160. The summed E-state index contributed by atoms with van der Waals surface area (Å²) < 4.78 is 0. The summed E-state index contributed by atoms with van der Waals surface area (Å²) in [6, 6.07) is 1.57. The lowest BCUT2D eigenvalue weighted by Crippen LogP contribution is -2.46. The highest BCUT2D eigenvalue weighted by molar-refractivity contribution is 4.89. The predicted molar refractivity (Wildman–Crippen MR) is 80.3 cm³/mol. The summed E-state index contributed by atoms with van der Waals surface area (Å²) in [5, 5.41) is 13.0. The number of hydrogen-bond donors (Lipinski definition) is 2. The van der Waals surface area contributed by atoms with Crippen molar-refractivity contribution in [1.29, 1.82) is 0 Å². The largest absolute Gasteiger partial charge is 0.396 e. The van der Waals surface area contributed by atoms with Crippen molar-refractivity contribution >= 4 is 0 Å². The summed E-state index contributed by atoms with van der Waals surface area (Å²) in [7, 11) is 0. The van der Waals surface area contributed by atoms with Crippen LogP contribution in [0.1, 0.15) is 52.4 Å². The summed E-state index contributed by atoms with van der Waals surface area (Å²) in [5.41, 5.74) is 0. The van der Waals surface area contributed by atoms with Crippen LogP contribution in [0.2, 0.25) is 0 Å². The number of hydrogen-bond acceptors (Lipinski definition) is 3. The van der Waals surface area contributed by atoms with Gasteiger partial charge in [-0.15, -0.1) is 0 Å². The van der Waals surface area contributed by atoms with Gasteiger partial charge in [0.1, 0.15) is 0 Å². The molecule has 0 spiro atoms. The highest BCUT2D eigenvalue weighted by atomic mass is 16.3. The minimum atomic E-state index is 0.333. The van der Waals surface area contributed by atoms with Gasteiger partial charge in [-0.3, -0.25) is 0 Å². The van der Waals surface area contributed by atoms with Gasteiger partial charge in [0.05, 0.1) is 0 Å². The molecule has 0 amide bonds. The number of fused-ring (bicyclic) bond motifs is 1. The SMILES string of the molecule is CC(C)CC(CCO)CNC1CCN2CCCC2C1. The van der Waals surface area contributed by atoms with Crippen molar-refractivity contribution in [2.45, 2.75) is 64.5 Å². The maximum atomic E-state index is 9.18. The number of rotatable bonds is 7. The molecule has 2 heterocycles. The first-order valence-electron chi connectivity index (χ1n) is 8.27. The van der Waals surface area contributed by atoms with Gasteiger partial charge >= 0.3 is 0 Å². The Morgan fingerprint density at radius 2 is 2.11 bits per heavy atom. The minimum absolute atomic E-state index is 0.333. The fourth-order valence-corrected chi connectivity index (χ4v) is 3.90. The van der Waals surface area contributed by atoms with Crippen molar-refractivity contribution in [1.82, 2.24) is 10.2 Å². The Morgan fingerprint density at radius 1 is 1.26 bits per heavy atom. The van der Waals surface area contributed by atoms with E-state index >= 15 is 0 Å². The first-order valence-corrected chi connectivity index (χ1v) is 8.27. The van der Waals surface area contributed by atoms with E-state index in [4.69, 9.17) is 0 Å². The van der Waals surface area contributed by atoms with E-state index < -0.39 is 0 Å². The topological polar surface area (TPSA) is 35.5 Å². The average molecular weight is 268 g/mol. The van der Waals surface area contributed by atoms with Gasteiger partial charge in [0.25, 0.3) is 0 Å². The zero-order valence-corrected chi connectivity index (χ0v) is 12.8. The summed E-state index contributed by atoms with van der Waals surface area (Å²) in [6.07, 6.45) is 7.64. The highest BCUT2D eigenvalue weighted by Gasteiger charge is 2.31. The van der Waals surface area contributed by atoms with Crippen LogP contribution >= 0.6 is 0 Å². The zero-order chi connectivity index (χ0) is 13.7. The first kappa shape index (κ1) is 15.3. The van der Waals surface area contributed by atoms with E-state index in [-0.39, 0.29) is 0 Å². The first-order chi connectivity index (χ1) is 9.19. The van der Waals surface area contributed by atoms with E-state index in [1.165, 1.54) is 45.2 Å². The van der Waals surface area contributed by atoms with E-state index in [0.29, 0.717) is 18.6 Å². The van der Waals surface area contributed by atoms with Gasteiger partial charge in [0.15, 0.2) is 0 Å². The molecule has 0 aromatic carbocycles. The molecule has 0 radical (unpaired) electrons. The monoisotopic (exact) mass is 268 g/mol.